The third-order valence-electron chi connectivity index (χ3n) is 4.87. The van der Waals surface area contributed by atoms with E-state index in [1.54, 1.807) is 12.4 Å². The monoisotopic (exact) mass is 331 g/mol. The highest BCUT2D eigenvalue weighted by Crippen LogP contribution is 2.27. The minimum absolute atomic E-state index is 0.112. The zero-order chi connectivity index (χ0) is 17.2. The van der Waals surface area contributed by atoms with Crippen LogP contribution in [0.4, 0.5) is 0 Å². The van der Waals surface area contributed by atoms with Crippen LogP contribution >= 0.6 is 0 Å². The third kappa shape index (κ3) is 3.12. The molecule has 4 nitrogen and oxygen atoms in total. The molecule has 3 aromatic rings. The number of aromatic nitrogens is 2. The number of carbonyl (C=O) groups excluding carboxylic acids is 1. The summed E-state index contributed by atoms with van der Waals surface area (Å²) >= 11 is 0. The Morgan fingerprint density at radius 3 is 2.76 bits per heavy atom. The first-order chi connectivity index (χ1) is 12.2. The lowest BCUT2D eigenvalue weighted by Gasteiger charge is -2.31. The number of nitrogens with zero attached hydrogens (tertiary/aromatic N) is 3. The summed E-state index contributed by atoms with van der Waals surface area (Å²) in [4.78, 5) is 24.0. The maximum Gasteiger partial charge on any atom is 0.254 e. The van der Waals surface area contributed by atoms with E-state index in [1.165, 1.54) is 6.42 Å². The molecule has 2 aromatic heterocycles. The van der Waals surface area contributed by atoms with Gasteiger partial charge in [0.1, 0.15) is 0 Å². The van der Waals surface area contributed by atoms with Gasteiger partial charge in [0.25, 0.3) is 5.91 Å². The van der Waals surface area contributed by atoms with Crippen molar-refractivity contribution >= 4 is 16.8 Å². The average Bonchev–Trinajstić information content (AvgIpc) is 2.67. The first-order valence-corrected chi connectivity index (χ1v) is 8.82. The molecule has 0 spiro atoms. The fourth-order valence-corrected chi connectivity index (χ4v) is 3.57. The molecule has 1 atom stereocenters. The van der Waals surface area contributed by atoms with E-state index in [9.17, 15) is 4.79 Å². The fourth-order valence-electron chi connectivity index (χ4n) is 3.57. The molecule has 0 bridgehead atoms. The number of hydrogen-bond donors (Lipinski definition) is 0. The van der Waals surface area contributed by atoms with E-state index in [2.05, 4.69) is 11.9 Å². The van der Waals surface area contributed by atoms with Gasteiger partial charge in [0.15, 0.2) is 0 Å². The molecule has 1 aromatic carbocycles. The number of carbonyl (C=O) groups is 1. The second-order valence-electron chi connectivity index (χ2n) is 6.81. The fraction of sp³-hybridized carbons (Fsp3) is 0.286. The zero-order valence-corrected chi connectivity index (χ0v) is 14.4. The number of hydrogen-bond acceptors (Lipinski definition) is 3. The van der Waals surface area contributed by atoms with Crippen molar-refractivity contribution in [2.24, 2.45) is 5.92 Å². The Morgan fingerprint density at radius 2 is 1.96 bits per heavy atom. The Morgan fingerprint density at radius 1 is 1.16 bits per heavy atom. The molecular formula is C21H21N3O. The molecule has 126 valence electrons. The highest BCUT2D eigenvalue weighted by Gasteiger charge is 2.24. The van der Waals surface area contributed by atoms with Crippen LogP contribution in [0.15, 0.2) is 54.9 Å². The molecule has 0 N–H and O–H groups in total. The van der Waals surface area contributed by atoms with E-state index in [4.69, 9.17) is 4.98 Å². The molecular weight excluding hydrogens is 310 g/mol. The topological polar surface area (TPSA) is 46.1 Å². The Kier molecular flexibility index (Phi) is 4.18. The Labute approximate surface area is 147 Å². The smallest absolute Gasteiger partial charge is 0.254 e. The number of benzene rings is 1. The number of fused-ring (bicyclic) bond motifs is 1. The SMILES string of the molecule is C[C@H]1CCCN(C(=O)c2cc(-c3ccncc3)nc3ccccc23)C1. The lowest BCUT2D eigenvalue weighted by atomic mass is 9.98. The number of piperidine rings is 1. The van der Waals surface area contributed by atoms with Gasteiger partial charge in [0.2, 0.25) is 0 Å². The van der Waals surface area contributed by atoms with Crippen LogP contribution in [0.2, 0.25) is 0 Å². The summed E-state index contributed by atoms with van der Waals surface area (Å²) in [5.74, 6) is 0.672. The van der Waals surface area contributed by atoms with Crippen LogP contribution in [0.1, 0.15) is 30.1 Å². The summed E-state index contributed by atoms with van der Waals surface area (Å²) in [6.07, 6.45) is 5.77. The molecule has 3 heterocycles. The number of rotatable bonds is 2. The molecule has 1 saturated heterocycles. The van der Waals surface area contributed by atoms with Gasteiger partial charge >= 0.3 is 0 Å². The molecule has 0 radical (unpaired) electrons. The van der Waals surface area contributed by atoms with Gasteiger partial charge in [-0.05, 0) is 43.0 Å². The minimum Gasteiger partial charge on any atom is -0.338 e. The van der Waals surface area contributed by atoms with E-state index in [1.807, 2.05) is 47.4 Å². The molecule has 1 amide bonds. The predicted octanol–water partition coefficient (Wildman–Crippen LogP) is 4.17. The summed E-state index contributed by atoms with van der Waals surface area (Å²) < 4.78 is 0. The predicted molar refractivity (Wildman–Crippen MR) is 99.3 cm³/mol. The Bertz CT molecular complexity index is 907. The van der Waals surface area contributed by atoms with Gasteiger partial charge in [-0.2, -0.15) is 0 Å². The second-order valence-corrected chi connectivity index (χ2v) is 6.81. The molecule has 1 aliphatic heterocycles. The van der Waals surface area contributed by atoms with E-state index < -0.39 is 0 Å². The zero-order valence-electron chi connectivity index (χ0n) is 14.4. The van der Waals surface area contributed by atoms with E-state index >= 15 is 0 Å². The molecule has 1 fully saturated rings. The lowest BCUT2D eigenvalue weighted by Crippen LogP contribution is -2.39. The normalized spacial score (nSPS) is 17.6. The number of amides is 1. The van der Waals surface area contributed by atoms with Crippen LogP contribution in [0.3, 0.4) is 0 Å². The van der Waals surface area contributed by atoms with Crippen LogP contribution in [-0.2, 0) is 0 Å². The van der Waals surface area contributed by atoms with Gasteiger partial charge in [-0.25, -0.2) is 4.98 Å². The van der Waals surface area contributed by atoms with Crippen LogP contribution in [0.25, 0.3) is 22.2 Å². The molecule has 25 heavy (non-hydrogen) atoms. The van der Waals surface area contributed by atoms with Gasteiger partial charge in [-0.1, -0.05) is 25.1 Å². The van der Waals surface area contributed by atoms with Crippen molar-refractivity contribution in [1.82, 2.24) is 14.9 Å². The maximum absolute atomic E-state index is 13.2. The quantitative estimate of drug-likeness (QED) is 0.708. The van der Waals surface area contributed by atoms with Gasteiger partial charge in [-0.3, -0.25) is 9.78 Å². The van der Waals surface area contributed by atoms with Crippen LogP contribution < -0.4 is 0 Å². The van der Waals surface area contributed by atoms with Crippen molar-refractivity contribution in [3.05, 3.63) is 60.4 Å². The second kappa shape index (κ2) is 6.63. The van der Waals surface area contributed by atoms with Gasteiger partial charge in [0, 0.05) is 36.4 Å². The third-order valence-corrected chi connectivity index (χ3v) is 4.87. The molecule has 1 aliphatic rings. The highest BCUT2D eigenvalue weighted by molar-refractivity contribution is 6.07. The van der Waals surface area contributed by atoms with Gasteiger partial charge < -0.3 is 4.90 Å². The summed E-state index contributed by atoms with van der Waals surface area (Å²) in [5.41, 5.74) is 3.38. The standard InChI is InChI=1S/C21H21N3O/c1-15-5-4-12-24(14-15)21(25)18-13-20(16-8-10-22-11-9-16)23-19-7-3-2-6-17(18)19/h2-3,6-11,13,15H,4-5,12,14H2,1H3/t15-/m0/s1. The molecule has 0 unspecified atom stereocenters. The van der Waals surface area contributed by atoms with Crippen LogP contribution in [0.5, 0.6) is 0 Å². The first kappa shape index (κ1) is 15.8. The van der Waals surface area contributed by atoms with Gasteiger partial charge in [0.05, 0.1) is 16.8 Å². The van der Waals surface area contributed by atoms with Crippen molar-refractivity contribution < 1.29 is 4.79 Å². The van der Waals surface area contributed by atoms with E-state index in [0.29, 0.717) is 5.92 Å². The highest BCUT2D eigenvalue weighted by atomic mass is 16.2. The van der Waals surface area contributed by atoms with E-state index in [-0.39, 0.29) is 5.91 Å². The number of likely N-dealkylation sites (tertiary alicyclic amines) is 1. The Balaban J connectivity index is 1.82. The van der Waals surface area contributed by atoms with Crippen molar-refractivity contribution in [3.8, 4) is 11.3 Å². The van der Waals surface area contributed by atoms with Crippen LogP contribution in [-0.4, -0.2) is 33.9 Å². The molecule has 0 saturated carbocycles. The van der Waals surface area contributed by atoms with E-state index in [0.717, 1.165) is 47.2 Å². The summed E-state index contributed by atoms with van der Waals surface area (Å²) in [7, 11) is 0. The summed E-state index contributed by atoms with van der Waals surface area (Å²) in [6.45, 7) is 3.89. The van der Waals surface area contributed by atoms with Gasteiger partial charge in [-0.15, -0.1) is 0 Å². The number of para-hydroxylation sites is 1. The maximum atomic E-state index is 13.2. The summed E-state index contributed by atoms with van der Waals surface area (Å²) in [6, 6.07) is 13.7. The van der Waals surface area contributed by atoms with Crippen molar-refractivity contribution in [2.75, 3.05) is 13.1 Å². The largest absolute Gasteiger partial charge is 0.338 e. The molecule has 4 rings (SSSR count). The van der Waals surface area contributed by atoms with Crippen LogP contribution in [0, 0.1) is 5.92 Å². The summed E-state index contributed by atoms with van der Waals surface area (Å²) in [5, 5.41) is 0.920. The molecule has 4 heteroatoms. The lowest BCUT2D eigenvalue weighted by molar-refractivity contribution is 0.0685. The Hall–Kier alpha value is -2.75. The first-order valence-electron chi connectivity index (χ1n) is 8.82. The molecule has 0 aliphatic carbocycles. The average molecular weight is 331 g/mol. The van der Waals surface area contributed by atoms with Crippen molar-refractivity contribution in [1.29, 1.82) is 0 Å². The van der Waals surface area contributed by atoms with Crippen molar-refractivity contribution in [3.63, 3.8) is 0 Å². The number of pyridine rings is 2. The minimum atomic E-state index is 0.112. The van der Waals surface area contributed by atoms with Crippen molar-refractivity contribution in [2.45, 2.75) is 19.8 Å².